The zero-order chi connectivity index (χ0) is 18.1. The molecule has 26 heavy (non-hydrogen) atoms. The van der Waals surface area contributed by atoms with Crippen LogP contribution in [0.25, 0.3) is 0 Å². The second kappa shape index (κ2) is 12.2. The molecule has 2 rings (SSSR count). The van der Waals surface area contributed by atoms with E-state index >= 15 is 0 Å². The largest absolute Gasteiger partial charge is 0.468 e. The molecule has 8 heteroatoms. The quantitative estimate of drug-likeness (QED) is 0.358. The first kappa shape index (κ1) is 22.8. The van der Waals surface area contributed by atoms with Crippen molar-refractivity contribution in [2.24, 2.45) is 4.99 Å². The molecule has 1 saturated heterocycles. The first-order valence-corrected chi connectivity index (χ1v) is 9.04. The van der Waals surface area contributed by atoms with Gasteiger partial charge in [0.25, 0.3) is 0 Å². The van der Waals surface area contributed by atoms with E-state index in [4.69, 9.17) is 4.42 Å². The summed E-state index contributed by atoms with van der Waals surface area (Å²) in [7, 11) is 5.27. The fourth-order valence-electron chi connectivity index (χ4n) is 3.05. The van der Waals surface area contributed by atoms with Crippen molar-refractivity contribution in [3.63, 3.8) is 0 Å². The van der Waals surface area contributed by atoms with E-state index in [-0.39, 0.29) is 35.9 Å². The second-order valence-corrected chi connectivity index (χ2v) is 6.55. The molecule has 1 fully saturated rings. The lowest BCUT2D eigenvalue weighted by Gasteiger charge is -2.33. The molecule has 1 atom stereocenters. The van der Waals surface area contributed by atoms with Crippen molar-refractivity contribution >= 4 is 35.8 Å². The highest BCUT2D eigenvalue weighted by molar-refractivity contribution is 14.0. The molecule has 0 aliphatic carbocycles. The number of aliphatic imine (C=N–C) groups is 1. The maximum atomic E-state index is 11.6. The Balaban J connectivity index is 0.00000338. The molecule has 1 aromatic rings. The van der Waals surface area contributed by atoms with Gasteiger partial charge >= 0.3 is 0 Å². The number of guanidine groups is 1. The van der Waals surface area contributed by atoms with Crippen LogP contribution in [0.5, 0.6) is 0 Å². The first-order valence-electron chi connectivity index (χ1n) is 9.04. The molecule has 2 heterocycles. The fourth-order valence-corrected chi connectivity index (χ4v) is 3.05. The average Bonchev–Trinajstić information content (AvgIpc) is 3.15. The summed E-state index contributed by atoms with van der Waals surface area (Å²) in [6, 6.07) is 4.16. The van der Waals surface area contributed by atoms with E-state index in [0.717, 1.165) is 25.4 Å². The topological polar surface area (TPSA) is 73.1 Å². The zero-order valence-corrected chi connectivity index (χ0v) is 18.4. The van der Waals surface area contributed by atoms with Crippen molar-refractivity contribution in [2.45, 2.75) is 31.7 Å². The van der Waals surface area contributed by atoms with E-state index in [2.05, 4.69) is 20.5 Å². The molecule has 2 N–H and O–H groups in total. The van der Waals surface area contributed by atoms with Gasteiger partial charge in [-0.1, -0.05) is 6.42 Å². The summed E-state index contributed by atoms with van der Waals surface area (Å²) in [4.78, 5) is 20.0. The number of likely N-dealkylation sites (tertiary alicyclic amines) is 1. The highest BCUT2D eigenvalue weighted by atomic mass is 127. The van der Waals surface area contributed by atoms with Crippen molar-refractivity contribution < 1.29 is 9.21 Å². The second-order valence-electron chi connectivity index (χ2n) is 6.55. The molecule has 148 valence electrons. The summed E-state index contributed by atoms with van der Waals surface area (Å²) < 4.78 is 5.66. The van der Waals surface area contributed by atoms with Crippen LogP contribution in [-0.2, 0) is 4.79 Å². The van der Waals surface area contributed by atoms with E-state index in [1.807, 2.05) is 12.1 Å². The summed E-state index contributed by atoms with van der Waals surface area (Å²) >= 11 is 0. The van der Waals surface area contributed by atoms with Gasteiger partial charge in [0.05, 0.1) is 12.3 Å². The molecule has 7 nitrogen and oxygen atoms in total. The van der Waals surface area contributed by atoms with Crippen molar-refractivity contribution in [3.05, 3.63) is 24.2 Å². The van der Waals surface area contributed by atoms with Crippen LogP contribution in [-0.4, -0.2) is 69.0 Å². The SMILES string of the molecule is CN=C(NCCC(=O)N(C)C)NCC(c1ccco1)N1CCCCC1.I. The molecule has 1 aliphatic rings. The van der Waals surface area contributed by atoms with Gasteiger partial charge in [-0.05, 0) is 38.1 Å². The lowest BCUT2D eigenvalue weighted by atomic mass is 10.1. The highest BCUT2D eigenvalue weighted by Gasteiger charge is 2.24. The molecule has 1 unspecified atom stereocenters. The van der Waals surface area contributed by atoms with Crippen LogP contribution < -0.4 is 10.6 Å². The Labute approximate surface area is 173 Å². The van der Waals surface area contributed by atoms with Crippen LogP contribution in [0.4, 0.5) is 0 Å². The molecule has 0 spiro atoms. The Bertz CT molecular complexity index is 542. The van der Waals surface area contributed by atoms with E-state index in [9.17, 15) is 4.79 Å². The summed E-state index contributed by atoms with van der Waals surface area (Å²) in [6.45, 7) is 3.47. The molecule has 0 aromatic carbocycles. The summed E-state index contributed by atoms with van der Waals surface area (Å²) in [5.74, 6) is 1.79. The number of hydrogen-bond acceptors (Lipinski definition) is 4. The van der Waals surface area contributed by atoms with Gasteiger partial charge in [-0.15, -0.1) is 24.0 Å². The summed E-state index contributed by atoms with van der Waals surface area (Å²) in [5.41, 5.74) is 0. The minimum Gasteiger partial charge on any atom is -0.468 e. The number of halogens is 1. The van der Waals surface area contributed by atoms with Crippen LogP contribution in [0, 0.1) is 0 Å². The normalized spacial score (nSPS) is 16.5. The Morgan fingerprint density at radius 3 is 2.62 bits per heavy atom. The van der Waals surface area contributed by atoms with Crippen LogP contribution in [0.15, 0.2) is 27.8 Å². The Morgan fingerprint density at radius 2 is 2.04 bits per heavy atom. The lowest BCUT2D eigenvalue weighted by Crippen LogP contribution is -2.45. The Kier molecular flexibility index (Phi) is 10.6. The Hall–Kier alpha value is -1.29. The third kappa shape index (κ3) is 7.14. The van der Waals surface area contributed by atoms with Gasteiger partial charge in [-0.25, -0.2) is 0 Å². The number of carbonyl (C=O) groups excluding carboxylic acids is 1. The van der Waals surface area contributed by atoms with E-state index in [1.165, 1.54) is 19.3 Å². The van der Waals surface area contributed by atoms with Gasteiger partial charge in [-0.2, -0.15) is 0 Å². The number of rotatable bonds is 7. The average molecular weight is 477 g/mol. The molecule has 0 bridgehead atoms. The number of carbonyl (C=O) groups is 1. The van der Waals surface area contributed by atoms with E-state index in [1.54, 1.807) is 32.3 Å². The zero-order valence-electron chi connectivity index (χ0n) is 16.0. The molecular formula is C18H32IN5O2. The van der Waals surface area contributed by atoms with Crippen LogP contribution in [0.3, 0.4) is 0 Å². The monoisotopic (exact) mass is 477 g/mol. The minimum absolute atomic E-state index is 0. The lowest BCUT2D eigenvalue weighted by molar-refractivity contribution is -0.128. The molecule has 1 aliphatic heterocycles. The van der Waals surface area contributed by atoms with Gasteiger partial charge in [0.2, 0.25) is 5.91 Å². The van der Waals surface area contributed by atoms with E-state index in [0.29, 0.717) is 18.9 Å². The highest BCUT2D eigenvalue weighted by Crippen LogP contribution is 2.24. The predicted octanol–water partition coefficient (Wildman–Crippen LogP) is 2.07. The van der Waals surface area contributed by atoms with Gasteiger partial charge in [0.15, 0.2) is 5.96 Å². The first-order chi connectivity index (χ1) is 12.1. The predicted molar refractivity (Wildman–Crippen MR) is 115 cm³/mol. The van der Waals surface area contributed by atoms with Crippen molar-refractivity contribution in [3.8, 4) is 0 Å². The molecule has 0 radical (unpaired) electrons. The number of amides is 1. The van der Waals surface area contributed by atoms with E-state index < -0.39 is 0 Å². The van der Waals surface area contributed by atoms with Crippen molar-refractivity contribution in [2.75, 3.05) is 47.3 Å². The van der Waals surface area contributed by atoms with Crippen molar-refractivity contribution in [1.29, 1.82) is 0 Å². The number of furan rings is 1. The standard InChI is InChI=1S/C18H31N5O2.HI/c1-19-18(20-10-9-17(24)22(2)3)21-14-15(16-8-7-13-25-16)23-11-5-4-6-12-23;/h7-8,13,15H,4-6,9-12,14H2,1-3H3,(H2,19,20,21);1H. The van der Waals surface area contributed by atoms with Crippen LogP contribution in [0.2, 0.25) is 0 Å². The number of hydrogen-bond donors (Lipinski definition) is 2. The van der Waals surface area contributed by atoms with Gasteiger partial charge in [0, 0.05) is 40.7 Å². The number of piperidine rings is 1. The number of nitrogens with zero attached hydrogens (tertiary/aromatic N) is 3. The van der Waals surface area contributed by atoms with Gasteiger partial charge < -0.3 is 20.0 Å². The van der Waals surface area contributed by atoms with Gasteiger partial charge in [-0.3, -0.25) is 14.7 Å². The Morgan fingerprint density at radius 1 is 1.31 bits per heavy atom. The fraction of sp³-hybridized carbons (Fsp3) is 0.667. The van der Waals surface area contributed by atoms with Crippen LogP contribution in [0.1, 0.15) is 37.5 Å². The maximum absolute atomic E-state index is 11.6. The molecular weight excluding hydrogens is 445 g/mol. The maximum Gasteiger partial charge on any atom is 0.223 e. The molecule has 0 saturated carbocycles. The smallest absolute Gasteiger partial charge is 0.223 e. The third-order valence-corrected chi connectivity index (χ3v) is 4.52. The van der Waals surface area contributed by atoms with Crippen LogP contribution >= 0.6 is 24.0 Å². The third-order valence-electron chi connectivity index (χ3n) is 4.52. The molecule has 1 amide bonds. The van der Waals surface area contributed by atoms with Gasteiger partial charge in [0.1, 0.15) is 5.76 Å². The minimum atomic E-state index is 0. The van der Waals surface area contributed by atoms with Crippen molar-refractivity contribution in [1.82, 2.24) is 20.4 Å². The summed E-state index contributed by atoms with van der Waals surface area (Å²) in [6.07, 6.45) is 5.94. The summed E-state index contributed by atoms with van der Waals surface area (Å²) in [5, 5.41) is 6.57. The number of nitrogens with one attached hydrogen (secondary N) is 2. The molecule has 1 aromatic heterocycles.